The lowest BCUT2D eigenvalue weighted by molar-refractivity contribution is 0.0116. The SMILES string of the molecule is COC(C)(C)CCn1nc(N)c2c(-c3c(C)cc(F)cc3C)nc(Nc3ccccc3)nc21. The summed E-state index contributed by atoms with van der Waals surface area (Å²) in [5.41, 5.74) is 10.5. The smallest absolute Gasteiger partial charge is 0.229 e. The van der Waals surface area contributed by atoms with Crippen molar-refractivity contribution in [1.29, 1.82) is 0 Å². The quantitative estimate of drug-likeness (QED) is 0.394. The number of hydrogen-bond acceptors (Lipinski definition) is 6. The number of ether oxygens (including phenoxy) is 1. The first kappa shape index (κ1) is 22.7. The van der Waals surface area contributed by atoms with Crippen LogP contribution in [0.1, 0.15) is 31.4 Å². The highest BCUT2D eigenvalue weighted by Crippen LogP contribution is 2.36. The first-order valence-electron chi connectivity index (χ1n) is 10.9. The van der Waals surface area contributed by atoms with Gasteiger partial charge in [0.2, 0.25) is 5.95 Å². The highest BCUT2D eigenvalue weighted by atomic mass is 19.1. The summed E-state index contributed by atoms with van der Waals surface area (Å²) in [5, 5.41) is 8.50. The number of nitrogens with one attached hydrogen (secondary N) is 1. The van der Waals surface area contributed by atoms with E-state index in [0.29, 0.717) is 35.0 Å². The van der Waals surface area contributed by atoms with Gasteiger partial charge in [0.15, 0.2) is 11.5 Å². The number of nitrogens with two attached hydrogens (primary N) is 1. The summed E-state index contributed by atoms with van der Waals surface area (Å²) < 4.78 is 21.4. The Morgan fingerprint density at radius 3 is 2.39 bits per heavy atom. The van der Waals surface area contributed by atoms with Gasteiger partial charge in [-0.2, -0.15) is 10.1 Å². The van der Waals surface area contributed by atoms with Crippen molar-refractivity contribution in [3.8, 4) is 11.3 Å². The van der Waals surface area contributed by atoms with Gasteiger partial charge in [0.1, 0.15) is 5.82 Å². The minimum absolute atomic E-state index is 0.285. The molecule has 0 spiro atoms. The summed E-state index contributed by atoms with van der Waals surface area (Å²) in [6.07, 6.45) is 0.717. The molecule has 0 saturated carbocycles. The molecule has 0 amide bonds. The van der Waals surface area contributed by atoms with E-state index in [9.17, 15) is 4.39 Å². The molecule has 2 aromatic carbocycles. The van der Waals surface area contributed by atoms with Crippen LogP contribution in [0, 0.1) is 19.7 Å². The largest absolute Gasteiger partial charge is 0.382 e. The molecule has 33 heavy (non-hydrogen) atoms. The van der Waals surface area contributed by atoms with Gasteiger partial charge in [-0.25, -0.2) is 14.1 Å². The fourth-order valence-electron chi connectivity index (χ4n) is 3.90. The topological polar surface area (TPSA) is 90.9 Å². The van der Waals surface area contributed by atoms with Crippen molar-refractivity contribution in [3.63, 3.8) is 0 Å². The molecule has 0 saturated heterocycles. The van der Waals surface area contributed by atoms with E-state index in [4.69, 9.17) is 20.4 Å². The minimum Gasteiger partial charge on any atom is -0.382 e. The predicted octanol–water partition coefficient (Wildman–Crippen LogP) is 5.39. The van der Waals surface area contributed by atoms with E-state index in [0.717, 1.165) is 28.8 Å². The monoisotopic (exact) mass is 448 g/mol. The summed E-state index contributed by atoms with van der Waals surface area (Å²) in [6.45, 7) is 8.35. The Morgan fingerprint density at radius 1 is 1.09 bits per heavy atom. The molecule has 7 nitrogen and oxygen atoms in total. The number of methoxy groups -OCH3 is 1. The van der Waals surface area contributed by atoms with Crippen LogP contribution in [0.5, 0.6) is 0 Å². The Balaban J connectivity index is 1.92. The number of nitrogen functional groups attached to an aromatic ring is 1. The number of hydrogen-bond donors (Lipinski definition) is 2. The molecular formula is C25H29FN6O. The highest BCUT2D eigenvalue weighted by molar-refractivity contribution is 6.00. The summed E-state index contributed by atoms with van der Waals surface area (Å²) in [7, 11) is 1.69. The molecule has 0 bridgehead atoms. The standard InChI is InChI=1S/C25H29FN6O/c1-15-13-17(26)14-16(2)19(15)21-20-22(27)31-32(12-11-25(3,4)33-5)23(20)30-24(29-21)28-18-9-7-6-8-10-18/h6-10,13-14H,11-12H2,1-5H3,(H2,27,31)(H,28,29,30). The van der Waals surface area contributed by atoms with Crippen LogP contribution in [0.25, 0.3) is 22.3 Å². The van der Waals surface area contributed by atoms with Crippen LogP contribution in [0.15, 0.2) is 42.5 Å². The van der Waals surface area contributed by atoms with Crippen LogP contribution in [0.3, 0.4) is 0 Å². The molecule has 0 fully saturated rings. The van der Waals surface area contributed by atoms with Gasteiger partial charge in [-0.3, -0.25) is 0 Å². The molecular weight excluding hydrogens is 419 g/mol. The van der Waals surface area contributed by atoms with Crippen molar-refractivity contribution in [1.82, 2.24) is 19.7 Å². The molecule has 4 aromatic rings. The van der Waals surface area contributed by atoms with Crippen LogP contribution < -0.4 is 11.1 Å². The first-order chi connectivity index (χ1) is 15.7. The number of halogens is 1. The Bertz CT molecular complexity index is 1280. The fourth-order valence-corrected chi connectivity index (χ4v) is 3.90. The molecule has 2 heterocycles. The maximum absolute atomic E-state index is 14.0. The Kier molecular flexibility index (Phi) is 6.03. The predicted molar refractivity (Wildman–Crippen MR) is 130 cm³/mol. The first-order valence-corrected chi connectivity index (χ1v) is 10.9. The second-order valence-electron chi connectivity index (χ2n) is 8.82. The van der Waals surface area contributed by atoms with Gasteiger partial charge in [-0.15, -0.1) is 0 Å². The number of benzene rings is 2. The maximum atomic E-state index is 14.0. The van der Waals surface area contributed by atoms with E-state index in [1.54, 1.807) is 11.8 Å². The average molecular weight is 449 g/mol. The lowest BCUT2D eigenvalue weighted by atomic mass is 9.97. The van der Waals surface area contributed by atoms with Crippen molar-refractivity contribution in [2.24, 2.45) is 0 Å². The molecule has 0 unspecified atom stereocenters. The molecule has 0 aliphatic rings. The van der Waals surface area contributed by atoms with Crippen molar-refractivity contribution < 1.29 is 9.13 Å². The second-order valence-corrected chi connectivity index (χ2v) is 8.82. The van der Waals surface area contributed by atoms with E-state index in [-0.39, 0.29) is 11.4 Å². The maximum Gasteiger partial charge on any atom is 0.229 e. The number of aryl methyl sites for hydroxylation is 3. The summed E-state index contributed by atoms with van der Waals surface area (Å²) in [4.78, 5) is 9.58. The number of rotatable bonds is 7. The average Bonchev–Trinajstić information content (AvgIpc) is 3.08. The van der Waals surface area contributed by atoms with Gasteiger partial charge in [0.05, 0.1) is 16.7 Å². The Labute approximate surface area is 192 Å². The van der Waals surface area contributed by atoms with Crippen LogP contribution >= 0.6 is 0 Å². The molecule has 0 aliphatic carbocycles. The van der Waals surface area contributed by atoms with Gasteiger partial charge in [-0.05, 0) is 69.5 Å². The van der Waals surface area contributed by atoms with Gasteiger partial charge in [-0.1, -0.05) is 18.2 Å². The third-order valence-electron chi connectivity index (χ3n) is 5.86. The van der Waals surface area contributed by atoms with Crippen LogP contribution in [0.4, 0.5) is 21.8 Å². The normalized spacial score (nSPS) is 11.8. The summed E-state index contributed by atoms with van der Waals surface area (Å²) in [6, 6.07) is 12.7. The van der Waals surface area contributed by atoms with E-state index in [1.807, 2.05) is 58.0 Å². The van der Waals surface area contributed by atoms with Gasteiger partial charge >= 0.3 is 0 Å². The zero-order chi connectivity index (χ0) is 23.8. The number of para-hydroxylation sites is 1. The van der Waals surface area contributed by atoms with Gasteiger partial charge < -0.3 is 15.8 Å². The number of anilines is 3. The van der Waals surface area contributed by atoms with E-state index in [1.165, 1.54) is 12.1 Å². The molecule has 0 radical (unpaired) electrons. The minimum atomic E-state index is -0.321. The molecule has 8 heteroatoms. The highest BCUT2D eigenvalue weighted by Gasteiger charge is 2.23. The lowest BCUT2D eigenvalue weighted by Crippen LogP contribution is -2.24. The lowest BCUT2D eigenvalue weighted by Gasteiger charge is -2.22. The third-order valence-corrected chi connectivity index (χ3v) is 5.86. The van der Waals surface area contributed by atoms with E-state index >= 15 is 0 Å². The van der Waals surface area contributed by atoms with Crippen molar-refractivity contribution >= 4 is 28.5 Å². The fraction of sp³-hybridized carbons (Fsp3) is 0.320. The molecule has 0 atom stereocenters. The van der Waals surface area contributed by atoms with Crippen molar-refractivity contribution in [2.45, 2.75) is 46.3 Å². The number of aromatic nitrogens is 4. The van der Waals surface area contributed by atoms with Gasteiger partial charge in [0, 0.05) is 24.9 Å². The Hall–Kier alpha value is -3.52. The number of nitrogens with zero attached hydrogens (tertiary/aromatic N) is 4. The third kappa shape index (κ3) is 4.66. The van der Waals surface area contributed by atoms with Gasteiger partial charge in [0.25, 0.3) is 0 Å². The van der Waals surface area contributed by atoms with E-state index < -0.39 is 0 Å². The zero-order valence-corrected chi connectivity index (χ0v) is 19.6. The molecule has 0 aliphatic heterocycles. The molecule has 2 aromatic heterocycles. The van der Waals surface area contributed by atoms with Crippen LogP contribution in [0.2, 0.25) is 0 Å². The molecule has 3 N–H and O–H groups in total. The molecule has 172 valence electrons. The van der Waals surface area contributed by atoms with Crippen molar-refractivity contribution in [2.75, 3.05) is 18.2 Å². The van der Waals surface area contributed by atoms with Crippen LogP contribution in [-0.4, -0.2) is 32.5 Å². The van der Waals surface area contributed by atoms with E-state index in [2.05, 4.69) is 10.4 Å². The Morgan fingerprint density at radius 2 is 1.76 bits per heavy atom. The summed E-state index contributed by atoms with van der Waals surface area (Å²) in [5.74, 6) is 0.468. The zero-order valence-electron chi connectivity index (χ0n) is 19.6. The number of fused-ring (bicyclic) bond motifs is 1. The second kappa shape index (κ2) is 8.78. The van der Waals surface area contributed by atoms with Crippen molar-refractivity contribution in [3.05, 3.63) is 59.4 Å². The molecule has 4 rings (SSSR count). The summed E-state index contributed by atoms with van der Waals surface area (Å²) >= 11 is 0. The van der Waals surface area contributed by atoms with Crippen LogP contribution in [-0.2, 0) is 11.3 Å².